The van der Waals surface area contributed by atoms with E-state index in [-0.39, 0.29) is 0 Å². The van der Waals surface area contributed by atoms with Crippen LogP contribution in [-0.4, -0.2) is 13.3 Å². The largest absolute Gasteiger partial charge is 0.497 e. The third-order valence-corrected chi connectivity index (χ3v) is 1.41. The summed E-state index contributed by atoms with van der Waals surface area (Å²) in [4.78, 5) is 4.14. The van der Waals surface area contributed by atoms with Gasteiger partial charge >= 0.3 is 6.26 Å². The zero-order valence-corrected chi connectivity index (χ0v) is 7.10. The zero-order chi connectivity index (χ0) is 9.52. The first-order valence-electron chi connectivity index (χ1n) is 3.59. The van der Waals surface area contributed by atoms with Gasteiger partial charge in [-0.15, -0.1) is 5.26 Å². The summed E-state index contributed by atoms with van der Waals surface area (Å²) in [6.07, 6.45) is 2.88. The predicted octanol–water partition coefficient (Wildman–Crippen LogP) is 1.53. The quantitative estimate of drug-likeness (QED) is 0.398. The minimum Gasteiger partial charge on any atom is -0.497 e. The molecule has 0 aliphatic heterocycles. The molecule has 0 heterocycles. The molecular formula is C9H8N2O2. The lowest BCUT2D eigenvalue weighted by molar-refractivity contribution is 0.293. The Hall–Kier alpha value is -2.02. The molecule has 66 valence electrons. The van der Waals surface area contributed by atoms with Crippen LogP contribution < -0.4 is 4.74 Å². The first-order chi connectivity index (χ1) is 6.36. The molecule has 0 N–H and O–H groups in total. The third kappa shape index (κ3) is 2.83. The van der Waals surface area contributed by atoms with Crippen LogP contribution in [0.4, 0.5) is 0 Å². The Morgan fingerprint density at radius 1 is 1.38 bits per heavy atom. The molecule has 0 spiro atoms. The van der Waals surface area contributed by atoms with Gasteiger partial charge in [-0.3, -0.25) is 4.84 Å². The van der Waals surface area contributed by atoms with Crippen LogP contribution in [-0.2, 0) is 4.84 Å². The topological polar surface area (TPSA) is 54.6 Å². The maximum absolute atomic E-state index is 8.02. The highest BCUT2D eigenvalue weighted by Gasteiger charge is 1.90. The van der Waals surface area contributed by atoms with Crippen LogP contribution in [0.25, 0.3) is 0 Å². The van der Waals surface area contributed by atoms with E-state index in [4.69, 9.17) is 10.00 Å². The SMILES string of the molecule is COc1ccc(/C=N/OC#N)cc1. The second kappa shape index (κ2) is 4.78. The standard InChI is InChI=1S/C9H8N2O2/c1-12-9-4-2-8(3-5-9)6-11-13-7-10/h2-6H,1H3/b11-6+. The van der Waals surface area contributed by atoms with Crippen LogP contribution in [0.15, 0.2) is 29.4 Å². The van der Waals surface area contributed by atoms with Gasteiger partial charge in [-0.1, -0.05) is 5.16 Å². The summed E-state index contributed by atoms with van der Waals surface area (Å²) in [7, 11) is 1.60. The molecule has 0 saturated carbocycles. The number of hydrogen-bond donors (Lipinski definition) is 0. The molecule has 0 unspecified atom stereocenters. The average Bonchev–Trinajstić information content (AvgIpc) is 2.19. The molecule has 0 aliphatic carbocycles. The lowest BCUT2D eigenvalue weighted by Gasteiger charge is -1.97. The molecule has 1 aromatic rings. The highest BCUT2D eigenvalue weighted by molar-refractivity contribution is 5.79. The molecule has 0 amide bonds. The lowest BCUT2D eigenvalue weighted by Crippen LogP contribution is -1.84. The van der Waals surface area contributed by atoms with Crippen LogP contribution in [0, 0.1) is 11.5 Å². The van der Waals surface area contributed by atoms with Gasteiger partial charge in [0.2, 0.25) is 0 Å². The van der Waals surface area contributed by atoms with Crippen molar-refractivity contribution < 1.29 is 9.57 Å². The van der Waals surface area contributed by atoms with Crippen molar-refractivity contribution in [3.05, 3.63) is 29.8 Å². The van der Waals surface area contributed by atoms with Gasteiger partial charge in [0.1, 0.15) is 5.75 Å². The molecule has 13 heavy (non-hydrogen) atoms. The Morgan fingerprint density at radius 2 is 2.08 bits per heavy atom. The van der Waals surface area contributed by atoms with E-state index < -0.39 is 0 Å². The van der Waals surface area contributed by atoms with Crippen LogP contribution in [0.1, 0.15) is 5.56 Å². The van der Waals surface area contributed by atoms with Crippen LogP contribution in [0.3, 0.4) is 0 Å². The Morgan fingerprint density at radius 3 is 2.62 bits per heavy atom. The molecule has 0 bridgehead atoms. The van der Waals surface area contributed by atoms with Gasteiger partial charge in [0.05, 0.1) is 13.3 Å². The van der Waals surface area contributed by atoms with Crippen molar-refractivity contribution in [1.82, 2.24) is 0 Å². The van der Waals surface area contributed by atoms with Gasteiger partial charge in [-0.05, 0) is 29.8 Å². The minimum absolute atomic E-state index is 0.776. The number of nitriles is 1. The van der Waals surface area contributed by atoms with Crippen molar-refractivity contribution >= 4 is 6.21 Å². The van der Waals surface area contributed by atoms with E-state index in [9.17, 15) is 0 Å². The van der Waals surface area contributed by atoms with Crippen molar-refractivity contribution in [2.45, 2.75) is 0 Å². The van der Waals surface area contributed by atoms with E-state index in [1.807, 2.05) is 12.1 Å². The molecule has 4 heteroatoms. The fourth-order valence-corrected chi connectivity index (χ4v) is 0.801. The summed E-state index contributed by atoms with van der Waals surface area (Å²) in [6, 6.07) is 7.22. The normalized spacial score (nSPS) is 9.54. The number of rotatable bonds is 3. The Balaban J connectivity index is 2.65. The van der Waals surface area contributed by atoms with E-state index in [1.165, 1.54) is 12.5 Å². The van der Waals surface area contributed by atoms with Crippen molar-refractivity contribution in [2.24, 2.45) is 5.16 Å². The second-order valence-corrected chi connectivity index (χ2v) is 2.19. The summed E-state index contributed by atoms with van der Waals surface area (Å²) >= 11 is 0. The van der Waals surface area contributed by atoms with E-state index in [2.05, 4.69) is 9.99 Å². The van der Waals surface area contributed by atoms with Gasteiger partial charge in [-0.25, -0.2) is 0 Å². The fraction of sp³-hybridized carbons (Fsp3) is 0.111. The molecule has 0 fully saturated rings. The van der Waals surface area contributed by atoms with Crippen LogP contribution in [0.5, 0.6) is 5.75 Å². The number of nitrogens with zero attached hydrogens (tertiary/aromatic N) is 2. The first kappa shape index (κ1) is 9.07. The molecule has 0 atom stereocenters. The first-order valence-corrected chi connectivity index (χ1v) is 3.59. The summed E-state index contributed by atoms with van der Waals surface area (Å²) < 4.78 is 4.97. The molecule has 0 aliphatic rings. The summed E-state index contributed by atoms with van der Waals surface area (Å²) in [5.74, 6) is 0.776. The highest BCUT2D eigenvalue weighted by Crippen LogP contribution is 2.09. The highest BCUT2D eigenvalue weighted by atomic mass is 16.6. The van der Waals surface area contributed by atoms with E-state index in [1.54, 1.807) is 19.2 Å². The van der Waals surface area contributed by atoms with Gasteiger partial charge in [0, 0.05) is 0 Å². The molecule has 1 aromatic carbocycles. The van der Waals surface area contributed by atoms with Gasteiger partial charge in [-0.2, -0.15) is 0 Å². The maximum Gasteiger partial charge on any atom is 0.316 e. The van der Waals surface area contributed by atoms with Crippen molar-refractivity contribution in [2.75, 3.05) is 7.11 Å². The average molecular weight is 176 g/mol. The Labute approximate surface area is 76.0 Å². The number of hydrogen-bond acceptors (Lipinski definition) is 4. The van der Waals surface area contributed by atoms with Crippen LogP contribution in [0.2, 0.25) is 0 Å². The molecule has 0 aromatic heterocycles. The molecule has 0 saturated heterocycles. The van der Waals surface area contributed by atoms with E-state index in [0.29, 0.717) is 0 Å². The summed E-state index contributed by atoms with van der Waals surface area (Å²) in [6.45, 7) is 0. The smallest absolute Gasteiger partial charge is 0.316 e. The van der Waals surface area contributed by atoms with Crippen LogP contribution >= 0.6 is 0 Å². The molecule has 1 rings (SSSR count). The van der Waals surface area contributed by atoms with E-state index >= 15 is 0 Å². The Bertz CT molecular complexity index is 324. The summed E-state index contributed by atoms with van der Waals surface area (Å²) in [5.41, 5.74) is 0.844. The van der Waals surface area contributed by atoms with E-state index in [0.717, 1.165) is 11.3 Å². The van der Waals surface area contributed by atoms with Crippen molar-refractivity contribution in [3.63, 3.8) is 0 Å². The van der Waals surface area contributed by atoms with Gasteiger partial charge in [0.25, 0.3) is 0 Å². The zero-order valence-electron chi connectivity index (χ0n) is 7.10. The van der Waals surface area contributed by atoms with Gasteiger partial charge in [0.15, 0.2) is 0 Å². The maximum atomic E-state index is 8.02. The van der Waals surface area contributed by atoms with Crippen molar-refractivity contribution in [3.8, 4) is 12.0 Å². The lowest BCUT2D eigenvalue weighted by atomic mass is 10.2. The monoisotopic (exact) mass is 176 g/mol. The summed E-state index contributed by atoms with van der Waals surface area (Å²) in [5, 5.41) is 11.4. The molecule has 4 nitrogen and oxygen atoms in total. The second-order valence-electron chi connectivity index (χ2n) is 2.19. The molecule has 0 radical (unpaired) electrons. The number of methoxy groups -OCH3 is 1. The Kier molecular flexibility index (Phi) is 3.33. The minimum atomic E-state index is 0.776. The number of ether oxygens (including phenoxy) is 1. The molecular weight excluding hydrogens is 168 g/mol. The predicted molar refractivity (Wildman–Crippen MR) is 47.3 cm³/mol. The number of oxime groups is 1. The van der Waals surface area contributed by atoms with Gasteiger partial charge < -0.3 is 4.74 Å². The third-order valence-electron chi connectivity index (χ3n) is 1.41. The number of benzene rings is 1. The van der Waals surface area contributed by atoms with Crippen molar-refractivity contribution in [1.29, 1.82) is 5.26 Å². The fourth-order valence-electron chi connectivity index (χ4n) is 0.801.